The van der Waals surface area contributed by atoms with Gasteiger partial charge in [0.05, 0.1) is 5.69 Å². The number of nitrogens with one attached hydrogen (secondary N) is 1. The molecule has 0 aliphatic carbocycles. The lowest BCUT2D eigenvalue weighted by molar-refractivity contribution is 0.322. The van der Waals surface area contributed by atoms with E-state index in [4.69, 9.17) is 0 Å². The van der Waals surface area contributed by atoms with Crippen molar-refractivity contribution in [3.63, 3.8) is 0 Å². The maximum Gasteiger partial charge on any atom is 0.251 e. The first-order valence-corrected chi connectivity index (χ1v) is 9.87. The second kappa shape index (κ2) is 8.29. The highest BCUT2D eigenvalue weighted by molar-refractivity contribution is 7.09. The summed E-state index contributed by atoms with van der Waals surface area (Å²) in [6.45, 7) is 1.79. The van der Waals surface area contributed by atoms with Crippen LogP contribution in [0.5, 0.6) is 0 Å². The Balaban J connectivity index is 1.52. The highest BCUT2D eigenvalue weighted by Crippen LogP contribution is 2.20. The molecule has 0 amide bonds. The third-order valence-corrected chi connectivity index (χ3v) is 5.25. The maximum atomic E-state index is 12.1. The summed E-state index contributed by atoms with van der Waals surface area (Å²) in [5.74, 6) is 0.560. The number of pyridine rings is 1. The lowest BCUT2D eigenvalue weighted by atomic mass is 10.1. The summed E-state index contributed by atoms with van der Waals surface area (Å²) >= 11 is 1.77. The van der Waals surface area contributed by atoms with Crippen molar-refractivity contribution < 1.29 is 0 Å². The van der Waals surface area contributed by atoms with Crippen molar-refractivity contribution >= 4 is 11.3 Å². The highest BCUT2D eigenvalue weighted by atomic mass is 32.1. The van der Waals surface area contributed by atoms with Gasteiger partial charge in [-0.2, -0.15) is 0 Å². The normalized spacial score (nSPS) is 11.1. The molecule has 6 heteroatoms. The van der Waals surface area contributed by atoms with E-state index in [-0.39, 0.29) is 5.56 Å². The molecular weight excluding hydrogens is 368 g/mol. The highest BCUT2D eigenvalue weighted by Gasteiger charge is 2.08. The number of benzene rings is 1. The molecule has 5 nitrogen and oxygen atoms in total. The molecule has 0 aliphatic heterocycles. The van der Waals surface area contributed by atoms with Crippen LogP contribution in [-0.2, 0) is 13.1 Å². The molecule has 0 spiro atoms. The summed E-state index contributed by atoms with van der Waals surface area (Å²) in [6, 6.07) is 17.6. The quantitative estimate of drug-likeness (QED) is 0.538. The fourth-order valence-corrected chi connectivity index (χ4v) is 3.84. The number of thiophene rings is 1. The SMILES string of the molecule is CN(Cc1ccc(-c2nc(-c3cccnc3)cc(=O)[nH]2)cc1)Cc1cccs1. The predicted octanol–water partition coefficient (Wildman–Crippen LogP) is 4.19. The molecule has 0 saturated heterocycles. The summed E-state index contributed by atoms with van der Waals surface area (Å²) in [5, 5.41) is 2.10. The molecular formula is C22H20N4OS. The van der Waals surface area contributed by atoms with E-state index >= 15 is 0 Å². The fourth-order valence-electron chi connectivity index (χ4n) is 3.06. The van der Waals surface area contributed by atoms with Crippen LogP contribution in [0.4, 0.5) is 0 Å². The molecule has 3 heterocycles. The third-order valence-electron chi connectivity index (χ3n) is 4.38. The van der Waals surface area contributed by atoms with Crippen molar-refractivity contribution in [3.05, 3.63) is 93.2 Å². The van der Waals surface area contributed by atoms with Gasteiger partial charge in [0, 0.05) is 47.6 Å². The summed E-state index contributed by atoms with van der Waals surface area (Å²) in [7, 11) is 2.12. The first kappa shape index (κ1) is 18.3. The minimum absolute atomic E-state index is 0.177. The molecule has 0 atom stereocenters. The summed E-state index contributed by atoms with van der Waals surface area (Å²) in [6.07, 6.45) is 3.41. The number of aromatic amines is 1. The van der Waals surface area contributed by atoms with E-state index in [2.05, 4.69) is 56.5 Å². The molecule has 1 aromatic carbocycles. The van der Waals surface area contributed by atoms with E-state index in [1.165, 1.54) is 16.5 Å². The topological polar surface area (TPSA) is 61.9 Å². The largest absolute Gasteiger partial charge is 0.306 e. The Morgan fingerprint density at radius 2 is 1.89 bits per heavy atom. The van der Waals surface area contributed by atoms with E-state index in [0.29, 0.717) is 11.5 Å². The van der Waals surface area contributed by atoms with Gasteiger partial charge in [-0.25, -0.2) is 4.98 Å². The zero-order valence-electron chi connectivity index (χ0n) is 15.5. The average molecular weight is 388 g/mol. The lowest BCUT2D eigenvalue weighted by Gasteiger charge is -2.16. The van der Waals surface area contributed by atoms with Crippen LogP contribution in [0.25, 0.3) is 22.6 Å². The van der Waals surface area contributed by atoms with Crippen LogP contribution in [0.1, 0.15) is 10.4 Å². The summed E-state index contributed by atoms with van der Waals surface area (Å²) in [5.41, 5.74) is 3.36. The smallest absolute Gasteiger partial charge is 0.251 e. The van der Waals surface area contributed by atoms with Crippen molar-refractivity contribution in [1.82, 2.24) is 19.9 Å². The lowest BCUT2D eigenvalue weighted by Crippen LogP contribution is -2.16. The number of nitrogens with zero attached hydrogens (tertiary/aromatic N) is 3. The molecule has 0 unspecified atom stereocenters. The maximum absolute atomic E-state index is 12.1. The van der Waals surface area contributed by atoms with Gasteiger partial charge in [-0.15, -0.1) is 11.3 Å². The first-order valence-electron chi connectivity index (χ1n) is 8.99. The van der Waals surface area contributed by atoms with Crippen molar-refractivity contribution in [2.45, 2.75) is 13.1 Å². The van der Waals surface area contributed by atoms with Gasteiger partial charge in [0.2, 0.25) is 0 Å². The van der Waals surface area contributed by atoms with E-state index in [0.717, 1.165) is 24.2 Å². The third kappa shape index (κ3) is 4.42. The molecule has 1 N–H and O–H groups in total. The van der Waals surface area contributed by atoms with Crippen molar-refractivity contribution in [1.29, 1.82) is 0 Å². The number of hydrogen-bond donors (Lipinski definition) is 1. The van der Waals surface area contributed by atoms with Crippen LogP contribution in [-0.4, -0.2) is 26.9 Å². The molecule has 140 valence electrons. The van der Waals surface area contributed by atoms with Gasteiger partial charge in [0.1, 0.15) is 5.82 Å². The van der Waals surface area contributed by atoms with Crippen molar-refractivity contribution in [2.24, 2.45) is 0 Å². The van der Waals surface area contributed by atoms with E-state index < -0.39 is 0 Å². The van der Waals surface area contributed by atoms with E-state index in [1.54, 1.807) is 23.7 Å². The minimum Gasteiger partial charge on any atom is -0.306 e. The Morgan fingerprint density at radius 3 is 2.61 bits per heavy atom. The molecule has 0 fully saturated rings. The second-order valence-electron chi connectivity index (χ2n) is 6.67. The number of rotatable bonds is 6. The predicted molar refractivity (Wildman–Crippen MR) is 113 cm³/mol. The Morgan fingerprint density at radius 1 is 1.04 bits per heavy atom. The Hall–Kier alpha value is -3.09. The minimum atomic E-state index is -0.177. The fraction of sp³-hybridized carbons (Fsp3) is 0.136. The van der Waals surface area contributed by atoms with Gasteiger partial charge in [0.25, 0.3) is 5.56 Å². The van der Waals surface area contributed by atoms with Crippen molar-refractivity contribution in [2.75, 3.05) is 7.05 Å². The molecule has 0 saturated carbocycles. The molecule has 28 heavy (non-hydrogen) atoms. The number of aromatic nitrogens is 3. The number of hydrogen-bond acceptors (Lipinski definition) is 5. The van der Waals surface area contributed by atoms with Gasteiger partial charge < -0.3 is 4.98 Å². The summed E-state index contributed by atoms with van der Waals surface area (Å²) in [4.78, 5) is 27.3. The van der Waals surface area contributed by atoms with Gasteiger partial charge in [-0.05, 0) is 36.2 Å². The van der Waals surface area contributed by atoms with Crippen molar-refractivity contribution in [3.8, 4) is 22.6 Å². The van der Waals surface area contributed by atoms with E-state index in [1.807, 2.05) is 24.3 Å². The molecule has 0 radical (unpaired) electrons. The molecule has 3 aromatic heterocycles. The molecule has 4 aromatic rings. The summed E-state index contributed by atoms with van der Waals surface area (Å²) < 4.78 is 0. The van der Waals surface area contributed by atoms with Crippen LogP contribution < -0.4 is 5.56 Å². The Kier molecular flexibility index (Phi) is 5.41. The van der Waals surface area contributed by atoms with E-state index in [9.17, 15) is 4.79 Å². The zero-order chi connectivity index (χ0) is 19.3. The van der Waals surface area contributed by atoms with Crippen LogP contribution >= 0.6 is 11.3 Å². The average Bonchev–Trinajstić information content (AvgIpc) is 3.21. The molecule has 0 aliphatic rings. The molecule has 0 bridgehead atoms. The second-order valence-corrected chi connectivity index (χ2v) is 7.70. The Labute approximate surface area is 167 Å². The van der Waals surface area contributed by atoms with Crippen LogP contribution in [0.3, 0.4) is 0 Å². The van der Waals surface area contributed by atoms with Gasteiger partial charge in [-0.1, -0.05) is 30.3 Å². The zero-order valence-corrected chi connectivity index (χ0v) is 16.3. The van der Waals surface area contributed by atoms with Crippen LogP contribution in [0.2, 0.25) is 0 Å². The van der Waals surface area contributed by atoms with Gasteiger partial charge in [-0.3, -0.25) is 14.7 Å². The van der Waals surface area contributed by atoms with Crippen LogP contribution in [0, 0.1) is 0 Å². The Bertz CT molecular complexity index is 1090. The standard InChI is InChI=1S/C22H20N4OS/c1-26(15-19-5-3-11-28-19)14-16-6-8-17(9-7-16)22-24-20(12-21(27)25-22)18-4-2-10-23-13-18/h2-13H,14-15H2,1H3,(H,24,25,27). The first-order chi connectivity index (χ1) is 13.7. The van der Waals surface area contributed by atoms with Gasteiger partial charge >= 0.3 is 0 Å². The van der Waals surface area contributed by atoms with Crippen LogP contribution in [0.15, 0.2) is 77.2 Å². The molecule has 4 rings (SSSR count). The van der Waals surface area contributed by atoms with Gasteiger partial charge in [0.15, 0.2) is 0 Å². The number of H-pyrrole nitrogens is 1. The monoisotopic (exact) mass is 388 g/mol.